The van der Waals surface area contributed by atoms with Crippen LogP contribution in [0.2, 0.25) is 0 Å². The van der Waals surface area contributed by atoms with Gasteiger partial charge in [0.1, 0.15) is 0 Å². The smallest absolute Gasteiger partial charge is 0.0656 e. The minimum Gasteiger partial charge on any atom is -0.377 e. The summed E-state index contributed by atoms with van der Waals surface area (Å²) in [6, 6.07) is 0.636. The molecule has 1 saturated carbocycles. The fourth-order valence-corrected chi connectivity index (χ4v) is 5.38. The van der Waals surface area contributed by atoms with Crippen molar-refractivity contribution in [2.24, 2.45) is 11.3 Å². The van der Waals surface area contributed by atoms with Crippen LogP contribution in [0.1, 0.15) is 34.1 Å². The largest absolute Gasteiger partial charge is 0.377 e. The molecule has 0 aromatic carbocycles. The van der Waals surface area contributed by atoms with Crippen LogP contribution in [0.25, 0.3) is 0 Å². The number of hydrogen-bond acceptors (Lipinski definition) is 4. The molecule has 2 aliphatic rings. The topological polar surface area (TPSA) is 21.3 Å². The molecule has 3 unspecified atom stereocenters. The first kappa shape index (κ1) is 16.0. The third kappa shape index (κ3) is 4.29. The standard InChI is InChI=1S/C15H29NOS2/c1-11(2)9-17-14-7-13(15(14,3)4)16-8-12-10-18-5-6-19-12/h11-14,16H,5-10H2,1-4H3. The lowest BCUT2D eigenvalue weighted by atomic mass is 9.64. The quantitative estimate of drug-likeness (QED) is 0.813. The number of ether oxygens (including phenoxy) is 1. The van der Waals surface area contributed by atoms with E-state index in [4.69, 9.17) is 4.74 Å². The molecule has 1 heterocycles. The zero-order chi connectivity index (χ0) is 13.9. The van der Waals surface area contributed by atoms with Gasteiger partial charge >= 0.3 is 0 Å². The molecule has 1 aliphatic carbocycles. The predicted octanol–water partition coefficient (Wildman–Crippen LogP) is 3.26. The van der Waals surface area contributed by atoms with Crippen LogP contribution in [-0.2, 0) is 4.74 Å². The van der Waals surface area contributed by atoms with Crippen molar-refractivity contribution in [1.82, 2.24) is 5.32 Å². The first-order valence-corrected chi connectivity index (χ1v) is 9.75. The van der Waals surface area contributed by atoms with Crippen LogP contribution >= 0.6 is 23.5 Å². The van der Waals surface area contributed by atoms with E-state index in [-0.39, 0.29) is 0 Å². The van der Waals surface area contributed by atoms with E-state index in [1.165, 1.54) is 30.2 Å². The van der Waals surface area contributed by atoms with Crippen molar-refractivity contribution in [1.29, 1.82) is 0 Å². The Morgan fingerprint density at radius 2 is 2.11 bits per heavy atom. The van der Waals surface area contributed by atoms with Crippen LogP contribution in [0.5, 0.6) is 0 Å². The second-order valence-electron chi connectivity index (χ2n) is 6.80. The summed E-state index contributed by atoms with van der Waals surface area (Å²) in [5, 5.41) is 4.59. The van der Waals surface area contributed by atoms with Crippen LogP contribution < -0.4 is 5.32 Å². The Kier molecular flexibility index (Phi) is 5.94. The van der Waals surface area contributed by atoms with E-state index in [0.29, 0.717) is 23.5 Å². The molecule has 19 heavy (non-hydrogen) atoms. The Morgan fingerprint density at radius 3 is 2.68 bits per heavy atom. The van der Waals surface area contributed by atoms with Gasteiger partial charge in [-0.05, 0) is 12.3 Å². The maximum atomic E-state index is 6.03. The molecule has 0 bridgehead atoms. The predicted molar refractivity (Wildman–Crippen MR) is 88.3 cm³/mol. The van der Waals surface area contributed by atoms with Crippen molar-refractivity contribution in [2.45, 2.75) is 51.5 Å². The first-order chi connectivity index (χ1) is 9.00. The lowest BCUT2D eigenvalue weighted by Crippen LogP contribution is -2.62. The van der Waals surface area contributed by atoms with Gasteiger partial charge in [0, 0.05) is 47.1 Å². The number of rotatable bonds is 6. The Bertz CT molecular complexity index is 277. The molecule has 1 saturated heterocycles. The van der Waals surface area contributed by atoms with E-state index in [1.54, 1.807) is 0 Å². The Labute approximate surface area is 127 Å². The van der Waals surface area contributed by atoms with E-state index >= 15 is 0 Å². The molecule has 1 aliphatic heterocycles. The summed E-state index contributed by atoms with van der Waals surface area (Å²) < 4.78 is 6.03. The minimum absolute atomic E-state index is 0.293. The molecule has 4 heteroatoms. The number of nitrogens with one attached hydrogen (secondary N) is 1. The van der Waals surface area contributed by atoms with E-state index in [9.17, 15) is 0 Å². The third-order valence-electron chi connectivity index (χ3n) is 4.29. The first-order valence-electron chi connectivity index (χ1n) is 7.54. The lowest BCUT2D eigenvalue weighted by Gasteiger charge is -2.52. The van der Waals surface area contributed by atoms with Crippen molar-refractivity contribution >= 4 is 23.5 Å². The fraction of sp³-hybridized carbons (Fsp3) is 1.00. The van der Waals surface area contributed by atoms with Gasteiger partial charge in [-0.2, -0.15) is 23.5 Å². The summed E-state index contributed by atoms with van der Waals surface area (Å²) in [5.74, 6) is 4.61. The maximum Gasteiger partial charge on any atom is 0.0656 e. The molecule has 0 spiro atoms. The van der Waals surface area contributed by atoms with Crippen LogP contribution in [0, 0.1) is 11.3 Å². The Morgan fingerprint density at radius 1 is 1.32 bits per heavy atom. The molecule has 2 rings (SSSR count). The summed E-state index contributed by atoms with van der Waals surface area (Å²) in [6.45, 7) is 11.2. The molecule has 0 radical (unpaired) electrons. The summed E-state index contributed by atoms with van der Waals surface area (Å²) >= 11 is 4.25. The van der Waals surface area contributed by atoms with Crippen molar-refractivity contribution in [3.63, 3.8) is 0 Å². The van der Waals surface area contributed by atoms with Crippen molar-refractivity contribution in [3.8, 4) is 0 Å². The normalized spacial score (nSPS) is 34.3. The SMILES string of the molecule is CC(C)COC1CC(NCC2CSCCS2)C1(C)C. The number of hydrogen-bond donors (Lipinski definition) is 1. The highest BCUT2D eigenvalue weighted by Crippen LogP contribution is 2.43. The highest BCUT2D eigenvalue weighted by molar-refractivity contribution is 8.06. The monoisotopic (exact) mass is 303 g/mol. The molecule has 1 N–H and O–H groups in total. The molecule has 0 aromatic heterocycles. The molecule has 3 atom stereocenters. The highest BCUT2D eigenvalue weighted by atomic mass is 32.2. The molecule has 0 amide bonds. The molecule has 2 fully saturated rings. The summed E-state index contributed by atoms with van der Waals surface area (Å²) in [7, 11) is 0. The van der Waals surface area contributed by atoms with Gasteiger partial charge in [-0.25, -0.2) is 0 Å². The molecule has 112 valence electrons. The van der Waals surface area contributed by atoms with Crippen LogP contribution in [0.4, 0.5) is 0 Å². The second-order valence-corrected chi connectivity index (χ2v) is 9.36. The van der Waals surface area contributed by atoms with Gasteiger partial charge in [-0.15, -0.1) is 0 Å². The summed E-state index contributed by atoms with van der Waals surface area (Å²) in [6.07, 6.45) is 1.63. The zero-order valence-corrected chi connectivity index (χ0v) is 14.4. The maximum absolute atomic E-state index is 6.03. The zero-order valence-electron chi connectivity index (χ0n) is 12.8. The molecular weight excluding hydrogens is 274 g/mol. The van der Waals surface area contributed by atoms with Gasteiger partial charge in [-0.3, -0.25) is 0 Å². The van der Waals surface area contributed by atoms with Gasteiger partial charge < -0.3 is 10.1 Å². The number of thioether (sulfide) groups is 2. The van der Waals surface area contributed by atoms with E-state index in [2.05, 4.69) is 56.5 Å². The van der Waals surface area contributed by atoms with E-state index < -0.39 is 0 Å². The average Bonchev–Trinajstić information content (AvgIpc) is 2.37. The highest BCUT2D eigenvalue weighted by Gasteiger charge is 2.48. The second kappa shape index (κ2) is 7.06. The molecule has 2 nitrogen and oxygen atoms in total. The van der Waals surface area contributed by atoms with Crippen molar-refractivity contribution < 1.29 is 4.74 Å². The van der Waals surface area contributed by atoms with Gasteiger partial charge in [0.15, 0.2) is 0 Å². The average molecular weight is 304 g/mol. The van der Waals surface area contributed by atoms with Crippen LogP contribution in [0.15, 0.2) is 0 Å². The van der Waals surface area contributed by atoms with Gasteiger partial charge in [0.25, 0.3) is 0 Å². The Balaban J connectivity index is 1.68. The van der Waals surface area contributed by atoms with Gasteiger partial charge in [-0.1, -0.05) is 27.7 Å². The van der Waals surface area contributed by atoms with Crippen molar-refractivity contribution in [2.75, 3.05) is 30.4 Å². The van der Waals surface area contributed by atoms with Gasteiger partial charge in [0.05, 0.1) is 6.10 Å². The summed E-state index contributed by atoms with van der Waals surface area (Å²) in [4.78, 5) is 0. The fourth-order valence-electron chi connectivity index (χ4n) is 2.75. The van der Waals surface area contributed by atoms with E-state index in [0.717, 1.165) is 11.9 Å². The van der Waals surface area contributed by atoms with E-state index in [1.807, 2.05) is 0 Å². The van der Waals surface area contributed by atoms with Crippen molar-refractivity contribution in [3.05, 3.63) is 0 Å². The van der Waals surface area contributed by atoms with Crippen LogP contribution in [0.3, 0.4) is 0 Å². The Hall–Kier alpha value is 0.620. The van der Waals surface area contributed by atoms with Crippen LogP contribution in [-0.4, -0.2) is 47.8 Å². The lowest BCUT2D eigenvalue weighted by molar-refractivity contribution is -0.123. The molecule has 0 aromatic rings. The molecular formula is C15H29NOS2. The minimum atomic E-state index is 0.293. The van der Waals surface area contributed by atoms with Gasteiger partial charge in [0.2, 0.25) is 0 Å². The third-order valence-corrected chi connectivity index (χ3v) is 7.13. The summed E-state index contributed by atoms with van der Waals surface area (Å²) in [5.41, 5.74) is 0.293.